The van der Waals surface area contributed by atoms with Crippen molar-refractivity contribution in [1.29, 1.82) is 0 Å². The first kappa shape index (κ1) is 11.9. The number of amides is 1. The molecule has 1 aromatic carbocycles. The lowest BCUT2D eigenvalue weighted by atomic mass is 10.2. The quantitative estimate of drug-likeness (QED) is 0.836. The second-order valence-corrected chi connectivity index (χ2v) is 4.77. The van der Waals surface area contributed by atoms with Crippen LogP contribution in [0.15, 0.2) is 24.3 Å². The molecule has 0 aromatic heterocycles. The van der Waals surface area contributed by atoms with E-state index in [1.165, 1.54) is 0 Å². The van der Waals surface area contributed by atoms with Crippen LogP contribution >= 0.6 is 0 Å². The van der Waals surface area contributed by atoms with Crippen molar-refractivity contribution in [3.05, 3.63) is 24.3 Å². The van der Waals surface area contributed by atoms with Crippen molar-refractivity contribution in [1.82, 2.24) is 0 Å². The molecule has 0 bridgehead atoms. The number of para-hydroxylation sites is 2. The van der Waals surface area contributed by atoms with Crippen LogP contribution in [-0.4, -0.2) is 17.6 Å². The first-order valence-electron chi connectivity index (χ1n) is 5.87. The molecule has 0 radical (unpaired) electrons. The molecule has 1 fully saturated rings. The summed E-state index contributed by atoms with van der Waals surface area (Å²) < 4.78 is 5.62. The minimum atomic E-state index is -0.662. The van der Waals surface area contributed by atoms with Crippen LogP contribution in [0.5, 0.6) is 5.75 Å². The molecule has 0 heterocycles. The van der Waals surface area contributed by atoms with E-state index in [2.05, 4.69) is 5.32 Å². The van der Waals surface area contributed by atoms with Crippen molar-refractivity contribution in [3.8, 4) is 5.75 Å². The highest BCUT2D eigenvalue weighted by Gasteiger charge is 2.46. The van der Waals surface area contributed by atoms with Crippen LogP contribution in [0.3, 0.4) is 0 Å². The van der Waals surface area contributed by atoms with Crippen molar-refractivity contribution < 1.29 is 9.53 Å². The average Bonchev–Trinajstić information content (AvgIpc) is 3.00. The molecule has 2 rings (SSSR count). The summed E-state index contributed by atoms with van der Waals surface area (Å²) in [5.74, 6) is 0.553. The fourth-order valence-corrected chi connectivity index (χ4v) is 1.54. The highest BCUT2D eigenvalue weighted by atomic mass is 16.5. The lowest BCUT2D eigenvalue weighted by Gasteiger charge is -2.16. The SMILES string of the molecule is CC(C)Oc1ccccc1NC(=O)C1(N)CC1. The first-order chi connectivity index (χ1) is 8.01. The molecule has 1 aliphatic rings. The fraction of sp³-hybridized carbons (Fsp3) is 0.462. The van der Waals surface area contributed by atoms with Crippen molar-refractivity contribution in [3.63, 3.8) is 0 Å². The maximum Gasteiger partial charge on any atom is 0.244 e. The Kier molecular flexibility index (Phi) is 3.07. The van der Waals surface area contributed by atoms with Crippen molar-refractivity contribution in [2.45, 2.75) is 38.3 Å². The Bertz CT molecular complexity index is 425. The maximum atomic E-state index is 11.8. The van der Waals surface area contributed by atoms with E-state index in [0.29, 0.717) is 11.4 Å². The van der Waals surface area contributed by atoms with Crippen molar-refractivity contribution in [2.24, 2.45) is 5.73 Å². The highest BCUT2D eigenvalue weighted by molar-refractivity contribution is 6.00. The molecule has 0 saturated heterocycles. The Morgan fingerprint density at radius 2 is 2.06 bits per heavy atom. The number of nitrogens with two attached hydrogens (primary N) is 1. The topological polar surface area (TPSA) is 64.3 Å². The lowest BCUT2D eigenvalue weighted by Crippen LogP contribution is -2.37. The predicted octanol–water partition coefficient (Wildman–Crippen LogP) is 1.90. The molecule has 1 aromatic rings. The number of rotatable bonds is 4. The van der Waals surface area contributed by atoms with Crippen LogP contribution in [0.2, 0.25) is 0 Å². The molecule has 0 aliphatic heterocycles. The van der Waals surface area contributed by atoms with Gasteiger partial charge in [0.25, 0.3) is 0 Å². The minimum absolute atomic E-state index is 0.0702. The van der Waals surface area contributed by atoms with E-state index in [9.17, 15) is 4.79 Å². The van der Waals surface area contributed by atoms with Crippen molar-refractivity contribution >= 4 is 11.6 Å². The summed E-state index contributed by atoms with van der Waals surface area (Å²) in [5.41, 5.74) is 5.86. The third-order valence-corrected chi connectivity index (χ3v) is 2.74. The second kappa shape index (κ2) is 4.37. The number of hydrogen-bond donors (Lipinski definition) is 2. The van der Waals surface area contributed by atoms with E-state index >= 15 is 0 Å². The second-order valence-electron chi connectivity index (χ2n) is 4.77. The molecule has 4 heteroatoms. The number of anilines is 1. The summed E-state index contributed by atoms with van der Waals surface area (Å²) in [5, 5.41) is 2.83. The largest absolute Gasteiger partial charge is 0.489 e. The molecule has 92 valence electrons. The molecule has 3 N–H and O–H groups in total. The molecule has 4 nitrogen and oxygen atoms in total. The zero-order valence-corrected chi connectivity index (χ0v) is 10.2. The van der Waals surface area contributed by atoms with Crippen LogP contribution in [0, 0.1) is 0 Å². The van der Waals surface area contributed by atoms with Gasteiger partial charge in [-0.05, 0) is 38.8 Å². The van der Waals surface area contributed by atoms with Crippen LogP contribution < -0.4 is 15.8 Å². The van der Waals surface area contributed by atoms with E-state index in [0.717, 1.165) is 12.8 Å². The van der Waals surface area contributed by atoms with Gasteiger partial charge in [0.15, 0.2) is 0 Å². The molecule has 17 heavy (non-hydrogen) atoms. The van der Waals surface area contributed by atoms with Crippen molar-refractivity contribution in [2.75, 3.05) is 5.32 Å². The molecular formula is C13H18N2O2. The lowest BCUT2D eigenvalue weighted by molar-refractivity contribution is -0.118. The average molecular weight is 234 g/mol. The molecule has 0 unspecified atom stereocenters. The number of hydrogen-bond acceptors (Lipinski definition) is 3. The van der Waals surface area contributed by atoms with Crippen LogP contribution in [0.25, 0.3) is 0 Å². The van der Waals surface area contributed by atoms with Gasteiger partial charge >= 0.3 is 0 Å². The van der Waals surface area contributed by atoms with Crippen LogP contribution in [0.1, 0.15) is 26.7 Å². The molecular weight excluding hydrogens is 216 g/mol. The van der Waals surface area contributed by atoms with Gasteiger partial charge in [0.1, 0.15) is 5.75 Å². The number of ether oxygens (including phenoxy) is 1. The normalized spacial score (nSPS) is 16.7. The number of carbonyl (C=O) groups excluding carboxylic acids is 1. The van der Waals surface area contributed by atoms with Gasteiger partial charge in [0.2, 0.25) is 5.91 Å². The molecule has 0 spiro atoms. The number of benzene rings is 1. The summed E-state index contributed by atoms with van der Waals surface area (Å²) in [7, 11) is 0. The van der Waals surface area contributed by atoms with E-state index in [1.54, 1.807) is 0 Å². The van der Waals surface area contributed by atoms with Crippen LogP contribution in [0.4, 0.5) is 5.69 Å². The van der Waals surface area contributed by atoms with Gasteiger partial charge in [-0.25, -0.2) is 0 Å². The van der Waals surface area contributed by atoms with Gasteiger partial charge in [0.05, 0.1) is 17.3 Å². The fourth-order valence-electron chi connectivity index (χ4n) is 1.54. The third kappa shape index (κ3) is 2.77. The first-order valence-corrected chi connectivity index (χ1v) is 5.87. The van der Waals surface area contributed by atoms with Crippen LogP contribution in [-0.2, 0) is 4.79 Å². The summed E-state index contributed by atoms with van der Waals surface area (Å²) in [4.78, 5) is 11.8. The van der Waals surface area contributed by atoms with E-state index < -0.39 is 5.54 Å². The predicted molar refractivity (Wildman–Crippen MR) is 67.0 cm³/mol. The van der Waals surface area contributed by atoms with Gasteiger partial charge in [-0.15, -0.1) is 0 Å². The van der Waals surface area contributed by atoms with Gasteiger partial charge in [-0.1, -0.05) is 12.1 Å². The summed E-state index contributed by atoms with van der Waals surface area (Å²) >= 11 is 0. The minimum Gasteiger partial charge on any atom is -0.489 e. The maximum absolute atomic E-state index is 11.8. The van der Waals surface area contributed by atoms with E-state index in [-0.39, 0.29) is 12.0 Å². The summed E-state index contributed by atoms with van der Waals surface area (Å²) in [6.45, 7) is 3.90. The molecule has 1 amide bonds. The van der Waals surface area contributed by atoms with E-state index in [1.807, 2.05) is 38.1 Å². The smallest absolute Gasteiger partial charge is 0.244 e. The highest BCUT2D eigenvalue weighted by Crippen LogP contribution is 2.34. The Morgan fingerprint density at radius 3 is 2.65 bits per heavy atom. The van der Waals surface area contributed by atoms with Gasteiger partial charge in [0, 0.05) is 0 Å². The van der Waals surface area contributed by atoms with Gasteiger partial charge < -0.3 is 15.8 Å². The zero-order valence-electron chi connectivity index (χ0n) is 10.2. The monoisotopic (exact) mass is 234 g/mol. The Hall–Kier alpha value is -1.55. The molecule has 1 aliphatic carbocycles. The Labute approximate surface area is 101 Å². The Morgan fingerprint density at radius 1 is 1.41 bits per heavy atom. The molecule has 0 atom stereocenters. The summed E-state index contributed by atoms with van der Waals surface area (Å²) in [6, 6.07) is 7.40. The molecule has 1 saturated carbocycles. The van der Waals surface area contributed by atoms with Gasteiger partial charge in [-0.3, -0.25) is 4.79 Å². The zero-order chi connectivity index (χ0) is 12.5. The Balaban J connectivity index is 2.12. The number of nitrogens with one attached hydrogen (secondary N) is 1. The van der Waals surface area contributed by atoms with E-state index in [4.69, 9.17) is 10.5 Å². The standard InChI is InChI=1S/C13H18N2O2/c1-9(2)17-11-6-4-3-5-10(11)15-12(16)13(14)7-8-13/h3-6,9H,7-8,14H2,1-2H3,(H,15,16). The van der Waals surface area contributed by atoms with Gasteiger partial charge in [-0.2, -0.15) is 0 Å². The summed E-state index contributed by atoms with van der Waals surface area (Å²) in [6.07, 6.45) is 1.58. The number of carbonyl (C=O) groups is 1. The third-order valence-electron chi connectivity index (χ3n) is 2.74.